The molecule has 2 fully saturated rings. The summed E-state index contributed by atoms with van der Waals surface area (Å²) in [6.07, 6.45) is -3.78. The van der Waals surface area contributed by atoms with E-state index >= 15 is 0 Å². The molecule has 0 aromatic heterocycles. The molecular weight excluding hydrogens is 258 g/mol. The second-order valence-corrected chi connectivity index (χ2v) is 5.47. The highest BCUT2D eigenvalue weighted by atomic mass is 19.3. The highest BCUT2D eigenvalue weighted by Gasteiger charge is 2.51. The lowest BCUT2D eigenvalue weighted by molar-refractivity contribution is -0.123. The number of aliphatic hydroxyl groups is 2. The molecule has 3 rings (SSSR count). The van der Waals surface area contributed by atoms with Crippen molar-refractivity contribution in [2.45, 2.75) is 50.0 Å². The predicted octanol–water partition coefficient (Wildman–Crippen LogP) is 0.212. The summed E-state index contributed by atoms with van der Waals surface area (Å²) in [6, 6.07) is -0.186. The molecule has 0 spiro atoms. The van der Waals surface area contributed by atoms with Gasteiger partial charge in [0.1, 0.15) is 18.2 Å². The van der Waals surface area contributed by atoms with Crippen molar-refractivity contribution in [3.05, 3.63) is 0 Å². The van der Waals surface area contributed by atoms with E-state index in [-0.39, 0.29) is 6.42 Å². The molecule has 0 unspecified atom stereocenters. The molecule has 1 saturated heterocycles. The number of fused-ring (bicyclic) bond motifs is 1. The fourth-order valence-corrected chi connectivity index (χ4v) is 3.11. The van der Waals surface area contributed by atoms with Crippen LogP contribution in [0.4, 0.5) is 8.78 Å². The third-order valence-corrected chi connectivity index (χ3v) is 4.24. The summed E-state index contributed by atoms with van der Waals surface area (Å²) in [5.74, 6) is -1.25. The second-order valence-electron chi connectivity index (χ2n) is 5.47. The van der Waals surface area contributed by atoms with Crippen LogP contribution in [0.1, 0.15) is 19.3 Å². The summed E-state index contributed by atoms with van der Waals surface area (Å²) < 4.78 is 31.3. The maximum Gasteiger partial charge on any atom is 0.288 e. The van der Waals surface area contributed by atoms with Crippen LogP contribution in [0.3, 0.4) is 0 Å². The average Bonchev–Trinajstić information content (AvgIpc) is 3.01. The molecule has 2 N–H and O–H groups in total. The minimum absolute atomic E-state index is 0.0292. The van der Waals surface area contributed by atoms with Crippen molar-refractivity contribution in [3.63, 3.8) is 0 Å². The molecule has 7 heteroatoms. The van der Waals surface area contributed by atoms with E-state index in [2.05, 4.69) is 4.99 Å². The van der Waals surface area contributed by atoms with Gasteiger partial charge in [0.05, 0.1) is 12.0 Å². The Morgan fingerprint density at radius 1 is 1.21 bits per heavy atom. The summed E-state index contributed by atoms with van der Waals surface area (Å²) in [7, 11) is 0. The van der Waals surface area contributed by atoms with Gasteiger partial charge in [-0.1, -0.05) is 0 Å². The SMILES string of the molecule is O[C@H]1[C@H](O)[C@@H](C(F)F)C[C@@H]2OC(N3CCCC3)=N[C@H]12. The lowest BCUT2D eigenvalue weighted by atomic mass is 9.80. The Bertz CT molecular complexity index is 374. The van der Waals surface area contributed by atoms with Crippen molar-refractivity contribution >= 4 is 6.02 Å². The van der Waals surface area contributed by atoms with Gasteiger partial charge in [-0.15, -0.1) is 0 Å². The Hall–Kier alpha value is -0.950. The van der Waals surface area contributed by atoms with Crippen molar-refractivity contribution in [2.24, 2.45) is 10.9 Å². The first-order valence-electron chi connectivity index (χ1n) is 6.71. The molecule has 0 bridgehead atoms. The molecule has 0 radical (unpaired) electrons. The van der Waals surface area contributed by atoms with E-state index in [1.54, 1.807) is 0 Å². The summed E-state index contributed by atoms with van der Waals surface area (Å²) >= 11 is 0. The number of likely N-dealkylation sites (tertiary alicyclic amines) is 1. The van der Waals surface area contributed by atoms with Crippen LogP contribution in [-0.2, 0) is 4.74 Å². The molecule has 19 heavy (non-hydrogen) atoms. The van der Waals surface area contributed by atoms with E-state index in [1.165, 1.54) is 0 Å². The highest BCUT2D eigenvalue weighted by molar-refractivity contribution is 5.76. The number of aliphatic imine (C=N–C) groups is 1. The third kappa shape index (κ3) is 2.18. The van der Waals surface area contributed by atoms with Gasteiger partial charge in [-0.05, 0) is 19.3 Å². The van der Waals surface area contributed by atoms with Crippen molar-refractivity contribution < 1.29 is 23.7 Å². The number of ether oxygens (including phenoxy) is 1. The van der Waals surface area contributed by atoms with Crippen LogP contribution in [0.2, 0.25) is 0 Å². The summed E-state index contributed by atoms with van der Waals surface area (Å²) in [4.78, 5) is 6.25. The molecule has 3 aliphatic rings. The predicted molar refractivity (Wildman–Crippen MR) is 63.0 cm³/mol. The first kappa shape index (κ1) is 13.1. The number of rotatable bonds is 1. The first-order valence-corrected chi connectivity index (χ1v) is 6.71. The smallest absolute Gasteiger partial charge is 0.288 e. The Balaban J connectivity index is 1.75. The number of alkyl halides is 2. The Kier molecular flexibility index (Phi) is 3.34. The molecule has 5 nitrogen and oxygen atoms in total. The van der Waals surface area contributed by atoms with Gasteiger partial charge >= 0.3 is 0 Å². The van der Waals surface area contributed by atoms with Gasteiger partial charge in [0.2, 0.25) is 6.43 Å². The van der Waals surface area contributed by atoms with Crippen molar-refractivity contribution in [2.75, 3.05) is 13.1 Å². The summed E-state index contributed by atoms with van der Waals surface area (Å²) in [5.41, 5.74) is 0. The van der Waals surface area contributed by atoms with Crippen LogP contribution < -0.4 is 0 Å². The Labute approximate surface area is 109 Å². The molecule has 108 valence electrons. The molecule has 5 atom stereocenters. The van der Waals surface area contributed by atoms with Gasteiger partial charge in [0.15, 0.2) is 0 Å². The molecule has 2 aliphatic heterocycles. The molecule has 2 heterocycles. The standard InChI is InChI=1S/C12H18F2N2O3/c13-11(14)6-5-7-8(10(18)9(6)17)15-12(19-7)16-3-1-2-4-16/h6-11,17-18H,1-5H2/t6-,7-,8-,9+,10+/m0/s1. The molecule has 0 aromatic rings. The summed E-state index contributed by atoms with van der Waals surface area (Å²) in [6.45, 7) is 1.68. The summed E-state index contributed by atoms with van der Waals surface area (Å²) in [5, 5.41) is 19.7. The molecule has 1 saturated carbocycles. The van der Waals surface area contributed by atoms with Gasteiger partial charge in [-0.3, -0.25) is 0 Å². The monoisotopic (exact) mass is 276 g/mol. The minimum atomic E-state index is -2.66. The van der Waals surface area contributed by atoms with Crippen molar-refractivity contribution in [1.82, 2.24) is 4.90 Å². The van der Waals surface area contributed by atoms with Gasteiger partial charge in [0.25, 0.3) is 6.02 Å². The fraction of sp³-hybridized carbons (Fsp3) is 0.917. The molecule has 0 amide bonds. The first-order chi connectivity index (χ1) is 9.08. The second kappa shape index (κ2) is 4.86. The minimum Gasteiger partial charge on any atom is -0.459 e. The van der Waals surface area contributed by atoms with Crippen LogP contribution in [0.25, 0.3) is 0 Å². The van der Waals surface area contributed by atoms with Crippen LogP contribution in [0.5, 0.6) is 0 Å². The number of hydrogen-bond donors (Lipinski definition) is 2. The van der Waals surface area contributed by atoms with Crippen molar-refractivity contribution in [3.8, 4) is 0 Å². The number of nitrogens with zero attached hydrogens (tertiary/aromatic N) is 2. The van der Waals surface area contributed by atoms with E-state index in [0.29, 0.717) is 6.02 Å². The molecule has 0 aromatic carbocycles. The lowest BCUT2D eigenvalue weighted by Crippen LogP contribution is -2.53. The van der Waals surface area contributed by atoms with E-state index < -0.39 is 36.7 Å². The molecule has 1 aliphatic carbocycles. The zero-order valence-electron chi connectivity index (χ0n) is 10.5. The zero-order valence-corrected chi connectivity index (χ0v) is 10.5. The van der Waals surface area contributed by atoms with Gasteiger partial charge in [0, 0.05) is 13.1 Å². The zero-order chi connectivity index (χ0) is 13.6. The van der Waals surface area contributed by atoms with Gasteiger partial charge in [-0.2, -0.15) is 0 Å². The number of halogens is 2. The van der Waals surface area contributed by atoms with E-state index in [9.17, 15) is 19.0 Å². The topological polar surface area (TPSA) is 65.3 Å². The average molecular weight is 276 g/mol. The Morgan fingerprint density at radius 3 is 2.53 bits per heavy atom. The van der Waals surface area contributed by atoms with Gasteiger partial charge in [-0.25, -0.2) is 13.8 Å². The Morgan fingerprint density at radius 2 is 1.89 bits per heavy atom. The van der Waals surface area contributed by atoms with Crippen LogP contribution in [0.15, 0.2) is 4.99 Å². The van der Waals surface area contributed by atoms with E-state index in [1.807, 2.05) is 4.90 Å². The maximum atomic E-state index is 12.8. The van der Waals surface area contributed by atoms with E-state index in [0.717, 1.165) is 25.9 Å². The normalized spacial score (nSPS) is 42.3. The van der Waals surface area contributed by atoms with Crippen molar-refractivity contribution in [1.29, 1.82) is 0 Å². The lowest BCUT2D eigenvalue weighted by Gasteiger charge is -2.37. The molecular formula is C12H18F2N2O3. The highest BCUT2D eigenvalue weighted by Crippen LogP contribution is 2.36. The van der Waals surface area contributed by atoms with Crippen LogP contribution in [-0.4, -0.2) is 65.0 Å². The largest absolute Gasteiger partial charge is 0.459 e. The number of aliphatic hydroxyl groups excluding tert-OH is 2. The van der Waals surface area contributed by atoms with Gasteiger partial charge < -0.3 is 19.8 Å². The maximum absolute atomic E-state index is 12.8. The third-order valence-electron chi connectivity index (χ3n) is 4.24. The number of hydrogen-bond acceptors (Lipinski definition) is 5. The quantitative estimate of drug-likeness (QED) is 0.718. The van der Waals surface area contributed by atoms with Crippen LogP contribution >= 0.6 is 0 Å². The fourth-order valence-electron chi connectivity index (χ4n) is 3.11. The van der Waals surface area contributed by atoms with E-state index in [4.69, 9.17) is 4.74 Å². The van der Waals surface area contributed by atoms with Crippen LogP contribution in [0, 0.1) is 5.92 Å². The number of amidine groups is 1.